The van der Waals surface area contributed by atoms with Crippen molar-refractivity contribution >= 4 is 17.6 Å². The number of carbonyl (C=O) groups excluding carboxylic acids is 3. The van der Waals surface area contributed by atoms with Crippen LogP contribution in [0.5, 0.6) is 0 Å². The van der Waals surface area contributed by atoms with Crippen LogP contribution < -0.4 is 11.1 Å². The van der Waals surface area contributed by atoms with Crippen molar-refractivity contribution in [3.63, 3.8) is 0 Å². The summed E-state index contributed by atoms with van der Waals surface area (Å²) in [5.74, 6) is -0.774. The lowest BCUT2D eigenvalue weighted by molar-refractivity contribution is -0.135. The number of nitrogens with one attached hydrogen (secondary N) is 1. The molecular formula is C19H26FN3O3. The minimum atomic E-state index is -0.398. The molecule has 2 amide bonds. The number of benzene rings is 1. The van der Waals surface area contributed by atoms with Gasteiger partial charge in [0.15, 0.2) is 5.78 Å². The molecule has 0 aromatic heterocycles. The standard InChI is InChI=1S/C19H26FN3O3/c20-15-6-4-14(5-7-15)17(24)8-9-19(26)23-12-2-1-3-16(23)13-22-18(25)10-11-21/h4-7,16H,1-3,8-13,21H2,(H,22,25). The summed E-state index contributed by atoms with van der Waals surface area (Å²) < 4.78 is 12.9. The first kappa shape index (κ1) is 20.0. The molecular weight excluding hydrogens is 337 g/mol. The Morgan fingerprint density at radius 3 is 2.54 bits per heavy atom. The Morgan fingerprint density at radius 2 is 1.85 bits per heavy atom. The van der Waals surface area contributed by atoms with Gasteiger partial charge in [0.1, 0.15) is 5.82 Å². The second-order valence-electron chi connectivity index (χ2n) is 6.51. The molecule has 0 bridgehead atoms. The highest BCUT2D eigenvalue weighted by Gasteiger charge is 2.27. The average Bonchev–Trinajstić information content (AvgIpc) is 2.65. The Balaban J connectivity index is 1.86. The van der Waals surface area contributed by atoms with E-state index in [1.807, 2.05) is 0 Å². The Morgan fingerprint density at radius 1 is 1.12 bits per heavy atom. The van der Waals surface area contributed by atoms with Crippen molar-refractivity contribution in [1.29, 1.82) is 0 Å². The van der Waals surface area contributed by atoms with Crippen LogP contribution in [0.3, 0.4) is 0 Å². The SMILES string of the molecule is NCCC(=O)NCC1CCCCN1C(=O)CCC(=O)c1ccc(F)cc1. The summed E-state index contributed by atoms with van der Waals surface area (Å²) in [4.78, 5) is 38.1. The molecule has 1 unspecified atom stereocenters. The Kier molecular flexibility index (Phi) is 7.72. The van der Waals surface area contributed by atoms with E-state index < -0.39 is 5.82 Å². The van der Waals surface area contributed by atoms with Crippen LogP contribution in [0.1, 0.15) is 48.9 Å². The maximum Gasteiger partial charge on any atom is 0.223 e. The molecule has 0 radical (unpaired) electrons. The number of ketones is 1. The van der Waals surface area contributed by atoms with Crippen molar-refractivity contribution in [2.24, 2.45) is 5.73 Å². The number of amides is 2. The number of nitrogens with two attached hydrogens (primary N) is 1. The normalized spacial score (nSPS) is 17.0. The number of halogens is 1. The minimum absolute atomic E-state index is 0.0427. The molecule has 1 aromatic rings. The Bertz CT molecular complexity index is 633. The lowest BCUT2D eigenvalue weighted by Crippen LogP contribution is -2.49. The van der Waals surface area contributed by atoms with Crippen LogP contribution in [0.15, 0.2) is 24.3 Å². The van der Waals surface area contributed by atoms with Crippen molar-refractivity contribution in [1.82, 2.24) is 10.2 Å². The van der Waals surface area contributed by atoms with Crippen molar-refractivity contribution in [3.05, 3.63) is 35.6 Å². The molecule has 1 aliphatic rings. The second kappa shape index (κ2) is 10.0. The highest BCUT2D eigenvalue weighted by atomic mass is 19.1. The molecule has 0 saturated carbocycles. The zero-order valence-corrected chi connectivity index (χ0v) is 14.9. The zero-order valence-electron chi connectivity index (χ0n) is 14.9. The van der Waals surface area contributed by atoms with Crippen LogP contribution in [-0.4, -0.2) is 48.2 Å². The number of hydrogen-bond acceptors (Lipinski definition) is 4. The van der Waals surface area contributed by atoms with E-state index in [0.717, 1.165) is 19.3 Å². The highest BCUT2D eigenvalue weighted by molar-refractivity contribution is 5.97. The predicted octanol–water partition coefficient (Wildman–Crippen LogP) is 1.63. The third kappa shape index (κ3) is 5.91. The number of piperidine rings is 1. The molecule has 0 spiro atoms. The molecule has 0 aliphatic carbocycles. The predicted molar refractivity (Wildman–Crippen MR) is 96.0 cm³/mol. The monoisotopic (exact) mass is 363 g/mol. The fourth-order valence-electron chi connectivity index (χ4n) is 3.14. The highest BCUT2D eigenvalue weighted by Crippen LogP contribution is 2.18. The van der Waals surface area contributed by atoms with Crippen LogP contribution in [0.25, 0.3) is 0 Å². The minimum Gasteiger partial charge on any atom is -0.354 e. The van der Waals surface area contributed by atoms with Crippen LogP contribution >= 0.6 is 0 Å². The first-order valence-corrected chi connectivity index (χ1v) is 9.06. The Hall–Kier alpha value is -2.28. The largest absolute Gasteiger partial charge is 0.354 e. The van der Waals surface area contributed by atoms with Crippen LogP contribution in [0, 0.1) is 5.82 Å². The van der Waals surface area contributed by atoms with Gasteiger partial charge in [-0.3, -0.25) is 14.4 Å². The quantitative estimate of drug-likeness (QED) is 0.687. The Labute approximate surface area is 152 Å². The molecule has 7 heteroatoms. The number of rotatable bonds is 8. The zero-order chi connectivity index (χ0) is 18.9. The third-order valence-corrected chi connectivity index (χ3v) is 4.59. The summed E-state index contributed by atoms with van der Waals surface area (Å²) >= 11 is 0. The maximum absolute atomic E-state index is 12.9. The van der Waals surface area contributed by atoms with Gasteiger partial charge in [-0.05, 0) is 43.5 Å². The summed E-state index contributed by atoms with van der Waals surface area (Å²) in [6.07, 6.45) is 3.24. The van der Waals surface area contributed by atoms with Crippen molar-refractivity contribution in [2.45, 2.75) is 44.6 Å². The fourth-order valence-corrected chi connectivity index (χ4v) is 3.14. The second-order valence-corrected chi connectivity index (χ2v) is 6.51. The van der Waals surface area contributed by atoms with E-state index in [0.29, 0.717) is 25.2 Å². The van der Waals surface area contributed by atoms with Crippen molar-refractivity contribution in [3.8, 4) is 0 Å². The van der Waals surface area contributed by atoms with Gasteiger partial charge in [0, 0.05) is 50.5 Å². The summed E-state index contributed by atoms with van der Waals surface area (Å²) in [5, 5.41) is 2.82. The lowest BCUT2D eigenvalue weighted by Gasteiger charge is -2.36. The first-order valence-electron chi connectivity index (χ1n) is 9.06. The molecule has 1 atom stereocenters. The van der Waals surface area contributed by atoms with Gasteiger partial charge in [-0.2, -0.15) is 0 Å². The van der Waals surface area contributed by atoms with E-state index in [1.54, 1.807) is 4.90 Å². The van der Waals surface area contributed by atoms with Crippen molar-refractivity contribution < 1.29 is 18.8 Å². The first-order chi connectivity index (χ1) is 12.5. The average molecular weight is 363 g/mol. The van der Waals surface area contributed by atoms with E-state index in [4.69, 9.17) is 5.73 Å². The van der Waals surface area contributed by atoms with Gasteiger partial charge in [-0.15, -0.1) is 0 Å². The van der Waals surface area contributed by atoms with E-state index in [1.165, 1.54) is 24.3 Å². The number of carbonyl (C=O) groups is 3. The number of likely N-dealkylation sites (tertiary alicyclic amines) is 1. The summed E-state index contributed by atoms with van der Waals surface area (Å²) in [6.45, 7) is 1.35. The number of hydrogen-bond donors (Lipinski definition) is 2. The summed E-state index contributed by atoms with van der Waals surface area (Å²) in [5.41, 5.74) is 5.77. The van der Waals surface area contributed by atoms with Gasteiger partial charge >= 0.3 is 0 Å². The van der Waals surface area contributed by atoms with Crippen molar-refractivity contribution in [2.75, 3.05) is 19.6 Å². The smallest absolute Gasteiger partial charge is 0.223 e. The van der Waals surface area contributed by atoms with E-state index >= 15 is 0 Å². The molecule has 1 aliphatic heterocycles. The molecule has 1 aromatic carbocycles. The molecule has 1 heterocycles. The molecule has 3 N–H and O–H groups in total. The summed E-state index contributed by atoms with van der Waals surface area (Å²) in [6, 6.07) is 5.29. The number of Topliss-reactive ketones (excluding diaryl/α,β-unsaturated/α-hetero) is 1. The van der Waals surface area contributed by atoms with Crippen LogP contribution in [0.2, 0.25) is 0 Å². The molecule has 1 fully saturated rings. The van der Waals surface area contributed by atoms with Gasteiger partial charge < -0.3 is 16.0 Å². The fraction of sp³-hybridized carbons (Fsp3) is 0.526. The van der Waals surface area contributed by atoms with Gasteiger partial charge in [0.25, 0.3) is 0 Å². The van der Waals surface area contributed by atoms with Gasteiger partial charge in [0.05, 0.1) is 0 Å². The van der Waals surface area contributed by atoms with Gasteiger partial charge in [0.2, 0.25) is 11.8 Å². The van der Waals surface area contributed by atoms with E-state index in [2.05, 4.69) is 5.32 Å². The molecule has 1 saturated heterocycles. The maximum atomic E-state index is 12.9. The van der Waals surface area contributed by atoms with E-state index in [-0.39, 0.29) is 42.9 Å². The van der Waals surface area contributed by atoms with Gasteiger partial charge in [-0.25, -0.2) is 4.39 Å². The molecule has 26 heavy (non-hydrogen) atoms. The molecule has 6 nitrogen and oxygen atoms in total. The van der Waals surface area contributed by atoms with Crippen LogP contribution in [-0.2, 0) is 9.59 Å². The summed E-state index contributed by atoms with van der Waals surface area (Å²) in [7, 11) is 0. The topological polar surface area (TPSA) is 92.5 Å². The lowest BCUT2D eigenvalue weighted by atomic mass is 10.00. The molecule has 142 valence electrons. The van der Waals surface area contributed by atoms with E-state index in [9.17, 15) is 18.8 Å². The van der Waals surface area contributed by atoms with Gasteiger partial charge in [-0.1, -0.05) is 0 Å². The molecule has 2 rings (SSSR count). The third-order valence-electron chi connectivity index (χ3n) is 4.59. The van der Waals surface area contributed by atoms with Crippen LogP contribution in [0.4, 0.5) is 4.39 Å². The number of nitrogens with zero attached hydrogens (tertiary/aromatic N) is 1.